The molecule has 0 saturated heterocycles. The molecule has 0 saturated carbocycles. The minimum absolute atomic E-state index is 0.177. The molecule has 0 heterocycles. The van der Waals surface area contributed by atoms with Gasteiger partial charge in [0.25, 0.3) is 0 Å². The van der Waals surface area contributed by atoms with Gasteiger partial charge < -0.3 is 5.32 Å². The molecule has 0 aromatic heterocycles. The first-order valence-electron chi connectivity index (χ1n) is 4.49. The number of hydrogen-bond acceptors (Lipinski definition) is 1. The van der Waals surface area contributed by atoms with Gasteiger partial charge in [-0.25, -0.2) is 0 Å². The normalized spacial score (nSPS) is 12.9. The predicted molar refractivity (Wildman–Crippen MR) is 56.0 cm³/mol. The average molecular weight is 167 g/mol. The fourth-order valence-electron chi connectivity index (χ4n) is 0.808. The first kappa shape index (κ1) is 11.3. The van der Waals surface area contributed by atoms with Gasteiger partial charge in [0.2, 0.25) is 0 Å². The second kappa shape index (κ2) is 4.34. The van der Waals surface area contributed by atoms with Crippen LogP contribution in [0.15, 0.2) is 23.9 Å². The molecule has 1 nitrogen and oxygen atoms in total. The van der Waals surface area contributed by atoms with Gasteiger partial charge in [0, 0.05) is 12.2 Å². The third kappa shape index (κ3) is 4.22. The summed E-state index contributed by atoms with van der Waals surface area (Å²) in [6, 6.07) is 0. The Balaban J connectivity index is 4.24. The molecule has 0 atom stereocenters. The quantitative estimate of drug-likeness (QED) is 0.637. The highest BCUT2D eigenvalue weighted by atomic mass is 14.9. The lowest BCUT2D eigenvalue weighted by Crippen LogP contribution is -2.12. The van der Waals surface area contributed by atoms with E-state index in [1.165, 1.54) is 11.3 Å². The van der Waals surface area contributed by atoms with Crippen molar-refractivity contribution >= 4 is 0 Å². The maximum atomic E-state index is 4.03. The molecule has 0 fully saturated rings. The van der Waals surface area contributed by atoms with Crippen molar-refractivity contribution in [3.05, 3.63) is 23.9 Å². The van der Waals surface area contributed by atoms with Crippen molar-refractivity contribution in [3.63, 3.8) is 0 Å². The topological polar surface area (TPSA) is 12.0 Å². The van der Waals surface area contributed by atoms with Crippen LogP contribution < -0.4 is 5.32 Å². The largest absolute Gasteiger partial charge is 0.389 e. The summed E-state index contributed by atoms with van der Waals surface area (Å²) in [5.41, 5.74) is 2.54. The second-order valence-electron chi connectivity index (χ2n) is 4.13. The van der Waals surface area contributed by atoms with E-state index >= 15 is 0 Å². The summed E-state index contributed by atoms with van der Waals surface area (Å²) in [7, 11) is 0. The van der Waals surface area contributed by atoms with Crippen LogP contribution in [0.4, 0.5) is 0 Å². The van der Waals surface area contributed by atoms with Crippen LogP contribution in [-0.4, -0.2) is 6.54 Å². The van der Waals surface area contributed by atoms with Crippen LogP contribution in [0.5, 0.6) is 0 Å². The lowest BCUT2D eigenvalue weighted by atomic mass is 9.87. The van der Waals surface area contributed by atoms with Crippen molar-refractivity contribution in [1.82, 2.24) is 5.32 Å². The zero-order valence-electron chi connectivity index (χ0n) is 8.99. The molecule has 1 N–H and O–H groups in total. The van der Waals surface area contributed by atoms with Crippen LogP contribution >= 0.6 is 0 Å². The highest BCUT2D eigenvalue weighted by molar-refractivity contribution is 5.23. The summed E-state index contributed by atoms with van der Waals surface area (Å²) in [6.45, 7) is 15.7. The van der Waals surface area contributed by atoms with Gasteiger partial charge >= 0.3 is 0 Å². The van der Waals surface area contributed by atoms with Crippen molar-refractivity contribution < 1.29 is 0 Å². The molecule has 0 amide bonds. The van der Waals surface area contributed by atoms with E-state index in [4.69, 9.17) is 0 Å². The number of rotatable bonds is 3. The number of nitrogens with one attached hydrogen (secondary N) is 1. The molecule has 70 valence electrons. The molecule has 0 unspecified atom stereocenters. The van der Waals surface area contributed by atoms with Crippen molar-refractivity contribution in [2.24, 2.45) is 5.41 Å². The molecule has 0 aliphatic carbocycles. The minimum atomic E-state index is 0.177. The summed E-state index contributed by atoms with van der Waals surface area (Å²) in [4.78, 5) is 0. The molecule has 12 heavy (non-hydrogen) atoms. The Bertz CT molecular complexity index is 182. The molecule has 1 heteroatoms. The van der Waals surface area contributed by atoms with Gasteiger partial charge in [0.1, 0.15) is 0 Å². The molecule has 0 rings (SSSR count). The van der Waals surface area contributed by atoms with E-state index in [1.54, 1.807) is 0 Å². The third-order valence-electron chi connectivity index (χ3n) is 1.81. The Morgan fingerprint density at radius 1 is 1.42 bits per heavy atom. The summed E-state index contributed by atoms with van der Waals surface area (Å²) >= 11 is 0. The van der Waals surface area contributed by atoms with Gasteiger partial charge in [0.15, 0.2) is 0 Å². The molecular weight excluding hydrogens is 146 g/mol. The van der Waals surface area contributed by atoms with Crippen LogP contribution in [0, 0.1) is 5.41 Å². The van der Waals surface area contributed by atoms with E-state index in [-0.39, 0.29) is 5.41 Å². The monoisotopic (exact) mass is 167 g/mol. The summed E-state index contributed by atoms with van der Waals surface area (Å²) < 4.78 is 0. The van der Waals surface area contributed by atoms with E-state index in [2.05, 4.69) is 52.6 Å². The van der Waals surface area contributed by atoms with Crippen LogP contribution in [0.1, 0.15) is 34.6 Å². The van der Waals surface area contributed by atoms with Gasteiger partial charge in [-0.2, -0.15) is 0 Å². The average Bonchev–Trinajstić information content (AvgIpc) is 1.85. The molecule has 0 bridgehead atoms. The van der Waals surface area contributed by atoms with E-state index < -0.39 is 0 Å². The molecule has 0 radical (unpaired) electrons. The van der Waals surface area contributed by atoms with Crippen molar-refractivity contribution in [1.29, 1.82) is 0 Å². The maximum absolute atomic E-state index is 4.03. The summed E-state index contributed by atoms with van der Waals surface area (Å²) in [6.07, 6.45) is 2.11. The predicted octanol–water partition coefficient (Wildman–Crippen LogP) is 3.10. The van der Waals surface area contributed by atoms with Gasteiger partial charge in [0.05, 0.1) is 0 Å². The van der Waals surface area contributed by atoms with Crippen LogP contribution in [0.3, 0.4) is 0 Å². The standard InChI is InChI=1S/C11H21N/c1-7-12-10(3)8-9(2)11(4,5)6/h8,12H,2,7H2,1,3-6H3/b10-8+. The first-order valence-corrected chi connectivity index (χ1v) is 4.49. The van der Waals surface area contributed by atoms with Gasteiger partial charge in [-0.3, -0.25) is 0 Å². The second-order valence-corrected chi connectivity index (χ2v) is 4.13. The van der Waals surface area contributed by atoms with E-state index in [1.807, 2.05) is 0 Å². The molecular formula is C11H21N. The lowest BCUT2D eigenvalue weighted by Gasteiger charge is -2.19. The SMILES string of the molecule is C=C(/C=C(\C)NCC)C(C)(C)C. The smallest absolute Gasteiger partial charge is 0.0115 e. The lowest BCUT2D eigenvalue weighted by molar-refractivity contribution is 0.517. The van der Waals surface area contributed by atoms with Crippen molar-refractivity contribution in [2.45, 2.75) is 34.6 Å². The highest BCUT2D eigenvalue weighted by Gasteiger charge is 2.12. The zero-order chi connectivity index (χ0) is 9.78. The highest BCUT2D eigenvalue weighted by Crippen LogP contribution is 2.24. The Morgan fingerprint density at radius 2 is 1.92 bits per heavy atom. The Labute approximate surface area is 76.6 Å². The Morgan fingerprint density at radius 3 is 2.25 bits per heavy atom. The molecule has 0 aromatic carbocycles. The fourth-order valence-corrected chi connectivity index (χ4v) is 0.808. The zero-order valence-corrected chi connectivity index (χ0v) is 8.99. The van der Waals surface area contributed by atoms with Crippen LogP contribution in [-0.2, 0) is 0 Å². The first-order chi connectivity index (χ1) is 5.38. The summed E-state index contributed by atoms with van der Waals surface area (Å²) in [5.74, 6) is 0. The Kier molecular flexibility index (Phi) is 4.08. The van der Waals surface area contributed by atoms with E-state index in [0.29, 0.717) is 0 Å². The third-order valence-corrected chi connectivity index (χ3v) is 1.81. The maximum Gasteiger partial charge on any atom is 0.0115 e. The number of hydrogen-bond donors (Lipinski definition) is 1. The minimum Gasteiger partial charge on any atom is -0.389 e. The molecule has 0 aliphatic heterocycles. The van der Waals surface area contributed by atoms with Crippen molar-refractivity contribution in [3.8, 4) is 0 Å². The fraction of sp³-hybridized carbons (Fsp3) is 0.636. The van der Waals surface area contributed by atoms with E-state index in [9.17, 15) is 0 Å². The van der Waals surface area contributed by atoms with E-state index in [0.717, 1.165) is 6.54 Å². The van der Waals surface area contributed by atoms with Gasteiger partial charge in [-0.1, -0.05) is 27.4 Å². The summed E-state index contributed by atoms with van der Waals surface area (Å²) in [5, 5.41) is 3.25. The molecule has 0 aromatic rings. The molecule has 0 aliphatic rings. The van der Waals surface area contributed by atoms with Gasteiger partial charge in [-0.15, -0.1) is 0 Å². The Hall–Kier alpha value is -0.720. The van der Waals surface area contributed by atoms with Crippen molar-refractivity contribution in [2.75, 3.05) is 6.54 Å². The van der Waals surface area contributed by atoms with Gasteiger partial charge in [-0.05, 0) is 30.9 Å². The number of allylic oxidation sites excluding steroid dienone is 3. The van der Waals surface area contributed by atoms with Crippen LogP contribution in [0.2, 0.25) is 0 Å². The van der Waals surface area contributed by atoms with Crippen LogP contribution in [0.25, 0.3) is 0 Å². The molecule has 0 spiro atoms.